The Kier molecular flexibility index (Phi) is 8.46. The number of hydrogen-bond donors (Lipinski definition) is 2. The fraction of sp³-hybridized carbons (Fsp3) is 0.161. The molecule has 4 aromatic rings. The third-order valence-electron chi connectivity index (χ3n) is 6.35. The molecule has 7 nitrogen and oxygen atoms in total. The molecule has 0 atom stereocenters. The molecule has 0 aliphatic heterocycles. The molecule has 39 heavy (non-hydrogen) atoms. The van der Waals surface area contributed by atoms with Crippen LogP contribution in [0, 0.1) is 13.8 Å². The van der Waals surface area contributed by atoms with Crippen molar-refractivity contribution in [1.29, 1.82) is 0 Å². The number of hydrogen-bond acceptors (Lipinski definition) is 4. The third kappa shape index (κ3) is 6.91. The van der Waals surface area contributed by atoms with Crippen molar-refractivity contribution in [3.8, 4) is 0 Å². The average Bonchev–Trinajstić information content (AvgIpc) is 2.91. The lowest BCUT2D eigenvalue weighted by Gasteiger charge is -2.26. The van der Waals surface area contributed by atoms with Crippen molar-refractivity contribution in [3.63, 3.8) is 0 Å². The van der Waals surface area contributed by atoms with Gasteiger partial charge in [0.2, 0.25) is 10.0 Å². The van der Waals surface area contributed by atoms with E-state index in [0.29, 0.717) is 29.0 Å². The van der Waals surface area contributed by atoms with Gasteiger partial charge in [-0.3, -0.25) is 13.9 Å². The molecule has 0 aliphatic rings. The highest BCUT2D eigenvalue weighted by molar-refractivity contribution is 7.92. The van der Waals surface area contributed by atoms with Crippen molar-refractivity contribution in [2.75, 3.05) is 15.9 Å². The van der Waals surface area contributed by atoms with Crippen LogP contribution in [0.3, 0.4) is 0 Å². The van der Waals surface area contributed by atoms with Gasteiger partial charge in [-0.05, 0) is 60.4 Å². The molecule has 0 aromatic heterocycles. The lowest BCUT2D eigenvalue weighted by atomic mass is 10.1. The summed E-state index contributed by atoms with van der Waals surface area (Å²) < 4.78 is 26.7. The maximum Gasteiger partial charge on any atom is 0.255 e. The van der Waals surface area contributed by atoms with E-state index in [1.54, 1.807) is 48.5 Å². The molecule has 4 aromatic carbocycles. The average molecular weight is 542 g/mol. The molecule has 0 fully saturated rings. The minimum atomic E-state index is -3.55. The highest BCUT2D eigenvalue weighted by atomic mass is 32.2. The first kappa shape index (κ1) is 27.6. The van der Waals surface area contributed by atoms with Crippen molar-refractivity contribution in [3.05, 3.63) is 130 Å². The molecular formula is C31H31N3O4S. The second kappa shape index (κ2) is 12.0. The molecule has 0 aliphatic carbocycles. The van der Waals surface area contributed by atoms with E-state index in [-0.39, 0.29) is 18.4 Å². The Hall–Kier alpha value is -4.43. The highest BCUT2D eigenvalue weighted by Crippen LogP contribution is 2.28. The number of aryl methyl sites for hydroxylation is 2. The molecule has 0 unspecified atom stereocenters. The predicted octanol–water partition coefficient (Wildman–Crippen LogP) is 5.45. The van der Waals surface area contributed by atoms with E-state index in [0.717, 1.165) is 22.3 Å². The van der Waals surface area contributed by atoms with Crippen LogP contribution in [-0.2, 0) is 23.1 Å². The summed E-state index contributed by atoms with van der Waals surface area (Å²) in [5.41, 5.74) is 5.23. The molecule has 0 radical (unpaired) electrons. The van der Waals surface area contributed by atoms with E-state index >= 15 is 0 Å². The topological polar surface area (TPSA) is 95.6 Å². The largest absolute Gasteiger partial charge is 0.348 e. The molecule has 0 spiro atoms. The molecule has 0 bridgehead atoms. The smallest absolute Gasteiger partial charge is 0.255 e. The number of para-hydroxylation sites is 2. The van der Waals surface area contributed by atoms with Crippen LogP contribution in [0.15, 0.2) is 97.1 Å². The fourth-order valence-corrected chi connectivity index (χ4v) is 5.35. The fourth-order valence-electron chi connectivity index (χ4n) is 4.35. The molecule has 200 valence electrons. The lowest BCUT2D eigenvalue weighted by molar-refractivity contribution is 0.0951. The van der Waals surface area contributed by atoms with E-state index in [1.165, 1.54) is 10.6 Å². The minimum absolute atomic E-state index is 0.136. The summed E-state index contributed by atoms with van der Waals surface area (Å²) in [5, 5.41) is 5.71. The van der Waals surface area contributed by atoms with Gasteiger partial charge in [0, 0.05) is 12.1 Å². The number of nitrogens with zero attached hydrogens (tertiary/aromatic N) is 1. The number of carbonyl (C=O) groups is 2. The molecule has 0 saturated heterocycles. The van der Waals surface area contributed by atoms with Gasteiger partial charge in [0.05, 0.1) is 29.7 Å². The van der Waals surface area contributed by atoms with Gasteiger partial charge in [0.25, 0.3) is 11.8 Å². The Labute approximate surface area is 229 Å². The Morgan fingerprint density at radius 2 is 1.33 bits per heavy atom. The summed E-state index contributed by atoms with van der Waals surface area (Å²) in [4.78, 5) is 25.9. The third-order valence-corrected chi connectivity index (χ3v) is 7.46. The molecule has 2 N–H and O–H groups in total. The first-order chi connectivity index (χ1) is 18.6. The predicted molar refractivity (Wildman–Crippen MR) is 155 cm³/mol. The second-order valence-electron chi connectivity index (χ2n) is 9.37. The van der Waals surface area contributed by atoms with E-state index < -0.39 is 10.0 Å². The lowest BCUT2D eigenvalue weighted by Crippen LogP contribution is -2.30. The zero-order chi connectivity index (χ0) is 28.0. The summed E-state index contributed by atoms with van der Waals surface area (Å²) in [5.74, 6) is -0.669. The van der Waals surface area contributed by atoms with Gasteiger partial charge >= 0.3 is 0 Å². The quantitative estimate of drug-likeness (QED) is 0.295. The SMILES string of the molecule is Cc1cccc(C)c1N(Cc1ccc(C(=O)Nc2ccccc2C(=O)NCc2ccccc2)cc1)S(C)(=O)=O. The highest BCUT2D eigenvalue weighted by Gasteiger charge is 2.22. The Bertz CT molecular complexity index is 1560. The van der Waals surface area contributed by atoms with Crippen LogP contribution < -0.4 is 14.9 Å². The minimum Gasteiger partial charge on any atom is -0.348 e. The first-order valence-electron chi connectivity index (χ1n) is 12.5. The van der Waals surface area contributed by atoms with Gasteiger partial charge in [-0.25, -0.2) is 8.42 Å². The van der Waals surface area contributed by atoms with Crippen molar-refractivity contribution in [2.24, 2.45) is 0 Å². The van der Waals surface area contributed by atoms with Crippen LogP contribution in [0.5, 0.6) is 0 Å². The van der Waals surface area contributed by atoms with Crippen LogP contribution >= 0.6 is 0 Å². The van der Waals surface area contributed by atoms with E-state index in [4.69, 9.17) is 0 Å². The zero-order valence-corrected chi connectivity index (χ0v) is 23.0. The number of carbonyl (C=O) groups excluding carboxylic acids is 2. The molecule has 4 rings (SSSR count). The number of nitrogens with one attached hydrogen (secondary N) is 2. The van der Waals surface area contributed by atoms with Crippen molar-refractivity contribution >= 4 is 33.2 Å². The van der Waals surface area contributed by atoms with Crippen molar-refractivity contribution in [1.82, 2.24) is 5.32 Å². The monoisotopic (exact) mass is 541 g/mol. The summed E-state index contributed by atoms with van der Waals surface area (Å²) in [6.07, 6.45) is 1.19. The van der Waals surface area contributed by atoms with Crippen LogP contribution in [0.2, 0.25) is 0 Å². The number of sulfonamides is 1. The molecular weight excluding hydrogens is 510 g/mol. The molecule has 0 saturated carbocycles. The standard InChI is InChI=1S/C31H31N3O4S/c1-22-10-9-11-23(2)29(22)34(39(3,37)38)21-25-16-18-26(19-17-25)30(35)33-28-15-8-7-14-27(28)31(36)32-20-24-12-5-4-6-13-24/h4-19H,20-21H2,1-3H3,(H,32,36)(H,33,35). The van der Waals surface area contributed by atoms with Gasteiger partial charge in [-0.2, -0.15) is 0 Å². The normalized spacial score (nSPS) is 11.1. The molecule has 0 heterocycles. The first-order valence-corrected chi connectivity index (χ1v) is 14.3. The summed E-state index contributed by atoms with van der Waals surface area (Å²) in [6, 6.07) is 28.8. The van der Waals surface area contributed by atoms with Crippen LogP contribution in [-0.4, -0.2) is 26.5 Å². The summed E-state index contributed by atoms with van der Waals surface area (Å²) in [7, 11) is -3.55. The van der Waals surface area contributed by atoms with Gasteiger partial charge in [-0.15, -0.1) is 0 Å². The Morgan fingerprint density at radius 3 is 1.97 bits per heavy atom. The second-order valence-corrected chi connectivity index (χ2v) is 11.3. The van der Waals surface area contributed by atoms with E-state index in [1.807, 2.05) is 62.4 Å². The summed E-state index contributed by atoms with van der Waals surface area (Å²) >= 11 is 0. The number of anilines is 2. The van der Waals surface area contributed by atoms with Crippen molar-refractivity contribution in [2.45, 2.75) is 26.9 Å². The van der Waals surface area contributed by atoms with Gasteiger partial charge in [-0.1, -0.05) is 72.8 Å². The van der Waals surface area contributed by atoms with Gasteiger partial charge in [0.1, 0.15) is 0 Å². The molecule has 2 amide bonds. The number of amides is 2. The molecule has 8 heteroatoms. The Balaban J connectivity index is 1.47. The maximum atomic E-state index is 13.0. The van der Waals surface area contributed by atoms with Crippen LogP contribution in [0.1, 0.15) is 43.0 Å². The van der Waals surface area contributed by atoms with Gasteiger partial charge < -0.3 is 10.6 Å². The van der Waals surface area contributed by atoms with E-state index in [9.17, 15) is 18.0 Å². The zero-order valence-electron chi connectivity index (χ0n) is 22.1. The number of benzene rings is 4. The van der Waals surface area contributed by atoms with Crippen molar-refractivity contribution < 1.29 is 18.0 Å². The van der Waals surface area contributed by atoms with Crippen LogP contribution in [0.4, 0.5) is 11.4 Å². The number of rotatable bonds is 9. The van der Waals surface area contributed by atoms with E-state index in [2.05, 4.69) is 10.6 Å². The van der Waals surface area contributed by atoms with Crippen LogP contribution in [0.25, 0.3) is 0 Å². The Morgan fingerprint density at radius 1 is 0.718 bits per heavy atom. The maximum absolute atomic E-state index is 13.0. The van der Waals surface area contributed by atoms with Gasteiger partial charge in [0.15, 0.2) is 0 Å². The summed E-state index contributed by atoms with van der Waals surface area (Å²) in [6.45, 7) is 4.27.